The molecule has 0 fully saturated rings. The van der Waals surface area contributed by atoms with E-state index in [1.165, 1.54) is 24.1 Å². The molecule has 0 bridgehead atoms. The van der Waals surface area contributed by atoms with Crippen LogP contribution in [0.5, 0.6) is 0 Å². The summed E-state index contributed by atoms with van der Waals surface area (Å²) in [5.74, 6) is 0.730. The third-order valence-electron chi connectivity index (χ3n) is 2.63. The highest BCUT2D eigenvalue weighted by atomic mass is 79.9. The second-order valence-electron chi connectivity index (χ2n) is 3.60. The summed E-state index contributed by atoms with van der Waals surface area (Å²) in [6.45, 7) is 3.36. The van der Waals surface area contributed by atoms with Gasteiger partial charge in [-0.3, -0.25) is 0 Å². The van der Waals surface area contributed by atoms with Crippen LogP contribution in [0.25, 0.3) is 0 Å². The molecular formula is C11H14BrN. The molecule has 0 spiro atoms. The van der Waals surface area contributed by atoms with Crippen molar-refractivity contribution in [2.45, 2.75) is 25.7 Å². The van der Waals surface area contributed by atoms with E-state index < -0.39 is 0 Å². The molecule has 1 aliphatic heterocycles. The number of rotatable bonds is 2. The van der Waals surface area contributed by atoms with E-state index in [9.17, 15) is 0 Å². The molecule has 13 heavy (non-hydrogen) atoms. The third kappa shape index (κ3) is 1.73. The van der Waals surface area contributed by atoms with Gasteiger partial charge in [0.05, 0.1) is 0 Å². The van der Waals surface area contributed by atoms with Gasteiger partial charge in [0.1, 0.15) is 0 Å². The third-order valence-corrected chi connectivity index (χ3v) is 3.12. The standard InChI is InChI=1S/C11H14BrN/c1-2-3-8-7-13-11-6-9(12)4-5-10(8)11/h4-6,8,13H,2-3,7H2,1H3. The molecule has 0 radical (unpaired) electrons. The molecule has 1 aromatic rings. The molecule has 1 heterocycles. The predicted molar refractivity (Wildman–Crippen MR) is 60.3 cm³/mol. The van der Waals surface area contributed by atoms with Gasteiger partial charge in [0.15, 0.2) is 0 Å². The SMILES string of the molecule is CCCC1CNc2cc(Br)ccc21. The Kier molecular flexibility index (Phi) is 2.58. The van der Waals surface area contributed by atoms with Crippen molar-refractivity contribution < 1.29 is 0 Å². The first kappa shape index (κ1) is 9.07. The minimum atomic E-state index is 0.730. The van der Waals surface area contributed by atoms with Crippen molar-refractivity contribution in [3.8, 4) is 0 Å². The summed E-state index contributed by atoms with van der Waals surface area (Å²) in [6.07, 6.45) is 2.56. The molecule has 1 unspecified atom stereocenters. The first-order valence-corrected chi connectivity index (χ1v) is 5.64. The molecular weight excluding hydrogens is 226 g/mol. The van der Waals surface area contributed by atoms with Crippen LogP contribution in [0.3, 0.4) is 0 Å². The zero-order chi connectivity index (χ0) is 9.26. The Morgan fingerprint density at radius 3 is 3.15 bits per heavy atom. The highest BCUT2D eigenvalue weighted by Crippen LogP contribution is 2.35. The fraction of sp³-hybridized carbons (Fsp3) is 0.455. The monoisotopic (exact) mass is 239 g/mol. The van der Waals surface area contributed by atoms with Gasteiger partial charge < -0.3 is 5.32 Å². The zero-order valence-electron chi connectivity index (χ0n) is 7.81. The summed E-state index contributed by atoms with van der Waals surface area (Å²) in [7, 11) is 0. The number of halogens is 1. The Labute approximate surface area is 87.7 Å². The summed E-state index contributed by atoms with van der Waals surface area (Å²) < 4.78 is 1.16. The van der Waals surface area contributed by atoms with Crippen LogP contribution in [0.1, 0.15) is 31.2 Å². The van der Waals surface area contributed by atoms with Crippen LogP contribution in [-0.4, -0.2) is 6.54 Å². The van der Waals surface area contributed by atoms with Crippen molar-refractivity contribution >= 4 is 21.6 Å². The van der Waals surface area contributed by atoms with Gasteiger partial charge in [0, 0.05) is 22.6 Å². The lowest BCUT2D eigenvalue weighted by Gasteiger charge is -2.07. The van der Waals surface area contributed by atoms with E-state index in [-0.39, 0.29) is 0 Å². The first-order valence-electron chi connectivity index (χ1n) is 4.84. The molecule has 0 amide bonds. The van der Waals surface area contributed by atoms with Crippen molar-refractivity contribution in [2.75, 3.05) is 11.9 Å². The van der Waals surface area contributed by atoms with E-state index in [1.807, 2.05) is 0 Å². The number of hydrogen-bond donors (Lipinski definition) is 1. The molecule has 2 rings (SSSR count). The van der Waals surface area contributed by atoms with Crippen LogP contribution in [0.2, 0.25) is 0 Å². The molecule has 2 heteroatoms. The Hall–Kier alpha value is -0.500. The molecule has 1 nitrogen and oxygen atoms in total. The van der Waals surface area contributed by atoms with Crippen molar-refractivity contribution in [2.24, 2.45) is 0 Å². The second kappa shape index (κ2) is 3.70. The van der Waals surface area contributed by atoms with Crippen molar-refractivity contribution in [3.05, 3.63) is 28.2 Å². The average molecular weight is 240 g/mol. The van der Waals surface area contributed by atoms with E-state index in [4.69, 9.17) is 0 Å². The van der Waals surface area contributed by atoms with E-state index in [0.717, 1.165) is 16.9 Å². The van der Waals surface area contributed by atoms with Crippen LogP contribution in [0.15, 0.2) is 22.7 Å². The lowest BCUT2D eigenvalue weighted by atomic mass is 9.97. The van der Waals surface area contributed by atoms with Gasteiger partial charge in [-0.1, -0.05) is 35.3 Å². The van der Waals surface area contributed by atoms with Gasteiger partial charge in [-0.05, 0) is 24.1 Å². The average Bonchev–Trinajstić information content (AvgIpc) is 2.49. The Morgan fingerprint density at radius 1 is 1.54 bits per heavy atom. The maximum Gasteiger partial charge on any atom is 0.0387 e. The van der Waals surface area contributed by atoms with Gasteiger partial charge in [0.2, 0.25) is 0 Å². The number of benzene rings is 1. The number of fused-ring (bicyclic) bond motifs is 1. The number of hydrogen-bond acceptors (Lipinski definition) is 1. The molecule has 1 N–H and O–H groups in total. The normalized spacial score (nSPS) is 19.7. The van der Waals surface area contributed by atoms with Crippen LogP contribution in [-0.2, 0) is 0 Å². The van der Waals surface area contributed by atoms with Gasteiger partial charge in [-0.25, -0.2) is 0 Å². The molecule has 0 aliphatic carbocycles. The maximum atomic E-state index is 3.48. The van der Waals surface area contributed by atoms with Gasteiger partial charge in [-0.2, -0.15) is 0 Å². The Bertz CT molecular complexity index is 309. The molecule has 0 aromatic heterocycles. The smallest absolute Gasteiger partial charge is 0.0387 e. The zero-order valence-corrected chi connectivity index (χ0v) is 9.39. The minimum Gasteiger partial charge on any atom is -0.384 e. The molecule has 0 saturated carbocycles. The maximum absolute atomic E-state index is 3.48. The van der Waals surface area contributed by atoms with Crippen molar-refractivity contribution in [3.63, 3.8) is 0 Å². The second-order valence-corrected chi connectivity index (χ2v) is 4.51. The van der Waals surface area contributed by atoms with E-state index in [0.29, 0.717) is 0 Å². The Morgan fingerprint density at radius 2 is 2.38 bits per heavy atom. The topological polar surface area (TPSA) is 12.0 Å². The molecule has 1 aromatic carbocycles. The van der Waals surface area contributed by atoms with Crippen LogP contribution in [0.4, 0.5) is 5.69 Å². The van der Waals surface area contributed by atoms with Gasteiger partial charge in [0.25, 0.3) is 0 Å². The van der Waals surface area contributed by atoms with Crippen LogP contribution < -0.4 is 5.32 Å². The van der Waals surface area contributed by atoms with Crippen molar-refractivity contribution in [1.29, 1.82) is 0 Å². The van der Waals surface area contributed by atoms with Crippen LogP contribution >= 0.6 is 15.9 Å². The lowest BCUT2D eigenvalue weighted by molar-refractivity contribution is 0.661. The molecule has 0 saturated heterocycles. The molecule has 1 aliphatic rings. The minimum absolute atomic E-state index is 0.730. The van der Waals surface area contributed by atoms with Crippen LogP contribution in [0, 0.1) is 0 Å². The molecule has 70 valence electrons. The van der Waals surface area contributed by atoms with Gasteiger partial charge in [-0.15, -0.1) is 0 Å². The Balaban J connectivity index is 2.27. The first-order chi connectivity index (χ1) is 6.31. The summed E-state index contributed by atoms with van der Waals surface area (Å²) in [5, 5.41) is 3.45. The fourth-order valence-corrected chi connectivity index (χ4v) is 2.35. The van der Waals surface area contributed by atoms with Crippen molar-refractivity contribution in [1.82, 2.24) is 0 Å². The summed E-state index contributed by atoms with van der Waals surface area (Å²) in [5.41, 5.74) is 2.80. The molecule has 1 atom stereocenters. The predicted octanol–water partition coefficient (Wildman–Crippen LogP) is 3.76. The quantitative estimate of drug-likeness (QED) is 0.829. The highest BCUT2D eigenvalue weighted by Gasteiger charge is 2.20. The van der Waals surface area contributed by atoms with E-state index in [2.05, 4.69) is 46.4 Å². The summed E-state index contributed by atoms with van der Waals surface area (Å²) in [6, 6.07) is 6.54. The largest absolute Gasteiger partial charge is 0.384 e. The van der Waals surface area contributed by atoms with Gasteiger partial charge >= 0.3 is 0 Å². The highest BCUT2D eigenvalue weighted by molar-refractivity contribution is 9.10. The van der Waals surface area contributed by atoms with E-state index in [1.54, 1.807) is 0 Å². The fourth-order valence-electron chi connectivity index (χ4n) is 1.99. The summed E-state index contributed by atoms with van der Waals surface area (Å²) in [4.78, 5) is 0. The van der Waals surface area contributed by atoms with E-state index >= 15 is 0 Å². The number of nitrogens with one attached hydrogen (secondary N) is 1. The summed E-state index contributed by atoms with van der Waals surface area (Å²) >= 11 is 3.48. The lowest BCUT2D eigenvalue weighted by Crippen LogP contribution is -2.00. The number of anilines is 1.